The van der Waals surface area contributed by atoms with Crippen molar-refractivity contribution in [3.63, 3.8) is 0 Å². The second kappa shape index (κ2) is 10.1. The summed E-state index contributed by atoms with van der Waals surface area (Å²) in [5, 5.41) is -0.394. The van der Waals surface area contributed by atoms with E-state index in [0.717, 1.165) is 4.48 Å². The van der Waals surface area contributed by atoms with Crippen molar-refractivity contribution < 1.29 is 28.4 Å². The zero-order valence-corrected chi connectivity index (χ0v) is 14.1. The molecule has 1 aliphatic rings. The van der Waals surface area contributed by atoms with E-state index >= 15 is 0 Å². The maximum absolute atomic E-state index is 6.34. The number of hydrogen-bond donors (Lipinski definition) is 0. The number of hydrogen-bond acceptors (Lipinski definition) is 6. The molecule has 0 bridgehead atoms. The maximum Gasteiger partial charge on any atom is 0.147 e. The smallest absolute Gasteiger partial charge is 0.147 e. The summed E-state index contributed by atoms with van der Waals surface area (Å²) >= 11 is 9.75. The van der Waals surface area contributed by atoms with Crippen LogP contribution in [0.2, 0.25) is 0 Å². The number of alkyl halides is 1. The normalized spacial score (nSPS) is 30.4. The fourth-order valence-corrected chi connectivity index (χ4v) is 2.62. The number of rotatable bonds is 9. The molecule has 0 saturated carbocycles. The van der Waals surface area contributed by atoms with Gasteiger partial charge in [0.05, 0.1) is 5.38 Å². The second-order valence-corrected chi connectivity index (χ2v) is 5.45. The molecule has 0 saturated heterocycles. The molecule has 0 unspecified atom stereocenters. The average Bonchev–Trinajstić information content (AvgIpc) is 2.45. The van der Waals surface area contributed by atoms with Gasteiger partial charge in [0.1, 0.15) is 38.7 Å². The molecule has 0 amide bonds. The molecular formula is C12H20BrClO6. The zero-order chi connectivity index (χ0) is 15.0. The van der Waals surface area contributed by atoms with Gasteiger partial charge in [-0.15, -0.1) is 11.6 Å². The summed E-state index contributed by atoms with van der Waals surface area (Å²) in [4.78, 5) is 0. The van der Waals surface area contributed by atoms with Crippen molar-refractivity contribution in [2.45, 2.75) is 23.7 Å². The first-order valence-electron chi connectivity index (χ1n) is 5.98. The largest absolute Gasteiger partial charge is 0.359 e. The van der Waals surface area contributed by atoms with Gasteiger partial charge in [-0.1, -0.05) is 15.9 Å². The first-order valence-corrected chi connectivity index (χ1v) is 7.21. The van der Waals surface area contributed by atoms with Gasteiger partial charge in [0, 0.05) is 25.8 Å². The molecule has 4 atom stereocenters. The predicted octanol–water partition coefficient (Wildman–Crippen LogP) is 1.85. The van der Waals surface area contributed by atoms with E-state index in [0.29, 0.717) is 0 Å². The van der Waals surface area contributed by atoms with E-state index in [2.05, 4.69) is 15.9 Å². The third-order valence-corrected chi connectivity index (χ3v) is 4.16. The Morgan fingerprint density at radius 2 is 1.45 bits per heavy atom. The molecule has 0 aromatic heterocycles. The fraction of sp³-hybridized carbons (Fsp3) is 0.833. The third kappa shape index (κ3) is 5.23. The van der Waals surface area contributed by atoms with Crippen LogP contribution < -0.4 is 0 Å². The minimum Gasteiger partial charge on any atom is -0.359 e. The van der Waals surface area contributed by atoms with Crippen LogP contribution in [0.25, 0.3) is 0 Å². The lowest BCUT2D eigenvalue weighted by atomic mass is 9.97. The fourth-order valence-electron chi connectivity index (χ4n) is 1.81. The van der Waals surface area contributed by atoms with Gasteiger partial charge in [0.25, 0.3) is 0 Å². The summed E-state index contributed by atoms with van der Waals surface area (Å²) in [6.07, 6.45) is 0.609. The molecule has 118 valence electrons. The van der Waals surface area contributed by atoms with Gasteiger partial charge in [-0.25, -0.2) is 0 Å². The molecule has 1 aliphatic carbocycles. The molecule has 0 spiro atoms. The Kier molecular flexibility index (Phi) is 9.23. The summed E-state index contributed by atoms with van der Waals surface area (Å²) in [5.41, 5.74) is 0. The SMILES string of the molecule is COCO[C@@H]1[C@H](OCOC)[C@@H](Cl)C(Br)=C[C@H]1OCOC. The summed E-state index contributed by atoms with van der Waals surface area (Å²) < 4.78 is 32.4. The van der Waals surface area contributed by atoms with Crippen LogP contribution >= 0.6 is 27.5 Å². The van der Waals surface area contributed by atoms with Gasteiger partial charge >= 0.3 is 0 Å². The minimum atomic E-state index is -0.437. The third-order valence-electron chi connectivity index (χ3n) is 2.66. The van der Waals surface area contributed by atoms with Crippen molar-refractivity contribution in [2.24, 2.45) is 0 Å². The Balaban J connectivity index is 2.82. The lowest BCUT2D eigenvalue weighted by Gasteiger charge is -2.37. The van der Waals surface area contributed by atoms with Crippen LogP contribution in [0.5, 0.6) is 0 Å². The van der Waals surface area contributed by atoms with E-state index in [1.165, 1.54) is 0 Å². The first kappa shape index (κ1) is 18.3. The van der Waals surface area contributed by atoms with E-state index in [1.54, 1.807) is 21.3 Å². The van der Waals surface area contributed by atoms with Crippen LogP contribution in [0.1, 0.15) is 0 Å². The topological polar surface area (TPSA) is 55.4 Å². The van der Waals surface area contributed by atoms with Gasteiger partial charge in [0.15, 0.2) is 0 Å². The lowest BCUT2D eigenvalue weighted by molar-refractivity contribution is -0.199. The first-order chi connectivity index (χ1) is 9.65. The minimum absolute atomic E-state index is 0.109. The van der Waals surface area contributed by atoms with E-state index in [-0.39, 0.29) is 26.5 Å². The Labute approximate surface area is 132 Å². The van der Waals surface area contributed by atoms with Crippen LogP contribution in [0.15, 0.2) is 10.6 Å². The van der Waals surface area contributed by atoms with Crippen molar-refractivity contribution >= 4 is 27.5 Å². The highest BCUT2D eigenvalue weighted by molar-refractivity contribution is 9.11. The van der Waals surface area contributed by atoms with Crippen LogP contribution in [0.3, 0.4) is 0 Å². The maximum atomic E-state index is 6.34. The van der Waals surface area contributed by atoms with Crippen molar-refractivity contribution in [3.05, 3.63) is 10.6 Å². The van der Waals surface area contributed by atoms with Crippen molar-refractivity contribution in [2.75, 3.05) is 41.7 Å². The molecule has 20 heavy (non-hydrogen) atoms. The molecule has 0 fully saturated rings. The van der Waals surface area contributed by atoms with Crippen LogP contribution in [-0.2, 0) is 28.4 Å². The average molecular weight is 376 g/mol. The highest BCUT2D eigenvalue weighted by Gasteiger charge is 2.41. The van der Waals surface area contributed by atoms with Gasteiger partial charge in [-0.3, -0.25) is 0 Å². The van der Waals surface area contributed by atoms with E-state index < -0.39 is 17.6 Å². The second-order valence-electron chi connectivity index (χ2n) is 4.07. The Morgan fingerprint density at radius 1 is 0.950 bits per heavy atom. The quantitative estimate of drug-likeness (QED) is 0.453. The predicted molar refractivity (Wildman–Crippen MR) is 76.9 cm³/mol. The monoisotopic (exact) mass is 374 g/mol. The summed E-state index contributed by atoms with van der Waals surface area (Å²) in [7, 11) is 4.64. The number of ether oxygens (including phenoxy) is 6. The van der Waals surface area contributed by atoms with E-state index in [1.807, 2.05) is 6.08 Å². The Hall–Kier alpha value is 0.270. The highest BCUT2D eigenvalue weighted by atomic mass is 79.9. The molecule has 6 nitrogen and oxygen atoms in total. The molecule has 8 heteroatoms. The van der Waals surface area contributed by atoms with Gasteiger partial charge in [-0.2, -0.15) is 0 Å². The van der Waals surface area contributed by atoms with E-state index in [9.17, 15) is 0 Å². The molecular weight excluding hydrogens is 355 g/mol. The lowest BCUT2D eigenvalue weighted by Crippen LogP contribution is -2.50. The molecule has 0 aliphatic heterocycles. The summed E-state index contributed by atoms with van der Waals surface area (Å²) in [6, 6.07) is 0. The molecule has 0 N–H and O–H groups in total. The molecule has 0 aromatic carbocycles. The summed E-state index contributed by atoms with van der Waals surface area (Å²) in [5.74, 6) is 0. The van der Waals surface area contributed by atoms with Crippen molar-refractivity contribution in [3.8, 4) is 0 Å². The molecule has 1 rings (SSSR count). The van der Waals surface area contributed by atoms with Crippen molar-refractivity contribution in [1.29, 1.82) is 0 Å². The summed E-state index contributed by atoms with van der Waals surface area (Å²) in [6.45, 7) is 0.357. The van der Waals surface area contributed by atoms with Crippen LogP contribution in [0, 0.1) is 0 Å². The molecule has 0 heterocycles. The van der Waals surface area contributed by atoms with E-state index in [4.69, 9.17) is 40.0 Å². The van der Waals surface area contributed by atoms with Crippen LogP contribution in [-0.4, -0.2) is 65.4 Å². The molecule has 0 aromatic rings. The Bertz CT molecular complexity index is 304. The number of halogens is 2. The van der Waals surface area contributed by atoms with Crippen molar-refractivity contribution in [1.82, 2.24) is 0 Å². The van der Waals surface area contributed by atoms with Gasteiger partial charge in [0.2, 0.25) is 0 Å². The zero-order valence-electron chi connectivity index (χ0n) is 11.7. The molecule has 0 radical (unpaired) electrons. The van der Waals surface area contributed by atoms with Gasteiger partial charge < -0.3 is 28.4 Å². The Morgan fingerprint density at radius 3 is 2.00 bits per heavy atom. The highest BCUT2D eigenvalue weighted by Crippen LogP contribution is 2.33. The van der Waals surface area contributed by atoms with Gasteiger partial charge in [-0.05, 0) is 6.08 Å². The van der Waals surface area contributed by atoms with Crippen LogP contribution in [0.4, 0.5) is 0 Å². The standard InChI is InChI=1S/C12H20BrClO6/c1-15-5-18-9-4-8(13)10(14)12(20-7-17-3)11(9)19-6-16-2/h4,9-12H,5-7H2,1-3H3/t9-,10+,11+,12-/m1/s1. The number of methoxy groups -OCH3 is 3.